The van der Waals surface area contributed by atoms with Gasteiger partial charge in [-0.1, -0.05) is 6.07 Å². The highest BCUT2D eigenvalue weighted by Crippen LogP contribution is 2.28. The Bertz CT molecular complexity index is 640. The summed E-state index contributed by atoms with van der Waals surface area (Å²) in [6.45, 7) is 0.178. The van der Waals surface area contributed by atoms with Gasteiger partial charge in [-0.2, -0.15) is 0 Å². The summed E-state index contributed by atoms with van der Waals surface area (Å²) >= 11 is 0. The summed E-state index contributed by atoms with van der Waals surface area (Å²) in [5.74, 6) is 0.716. The third-order valence-electron chi connectivity index (χ3n) is 2.93. The van der Waals surface area contributed by atoms with Crippen LogP contribution in [0.5, 0.6) is 17.2 Å². The lowest BCUT2D eigenvalue weighted by Crippen LogP contribution is -1.99. The summed E-state index contributed by atoms with van der Waals surface area (Å²) in [5.41, 5.74) is 1.08. The monoisotopic (exact) mass is 290 g/mol. The van der Waals surface area contributed by atoms with Crippen LogP contribution in [0.25, 0.3) is 0 Å². The molecule has 2 aromatic carbocycles. The van der Waals surface area contributed by atoms with Crippen molar-refractivity contribution >= 4 is 6.29 Å². The largest absolute Gasteiger partial charge is 0.493 e. The molecule has 5 heteroatoms. The maximum atomic E-state index is 13.7. The van der Waals surface area contributed by atoms with Gasteiger partial charge in [-0.05, 0) is 35.9 Å². The van der Waals surface area contributed by atoms with E-state index in [9.17, 15) is 9.18 Å². The third kappa shape index (κ3) is 3.51. The average Bonchev–Trinajstić information content (AvgIpc) is 2.53. The molecule has 0 aliphatic carbocycles. The van der Waals surface area contributed by atoms with Crippen LogP contribution in [0, 0.1) is 5.82 Å². The quantitative estimate of drug-likeness (QED) is 0.766. The van der Waals surface area contributed by atoms with Gasteiger partial charge in [0.1, 0.15) is 12.9 Å². The van der Waals surface area contributed by atoms with Gasteiger partial charge in [0.15, 0.2) is 23.1 Å². The Kier molecular flexibility index (Phi) is 4.77. The van der Waals surface area contributed by atoms with E-state index in [2.05, 4.69) is 0 Å². The first-order chi connectivity index (χ1) is 10.2. The van der Waals surface area contributed by atoms with E-state index in [4.69, 9.17) is 14.2 Å². The van der Waals surface area contributed by atoms with Gasteiger partial charge in [0.05, 0.1) is 14.2 Å². The van der Waals surface area contributed by atoms with Crippen LogP contribution in [0.2, 0.25) is 0 Å². The van der Waals surface area contributed by atoms with Gasteiger partial charge in [0.25, 0.3) is 0 Å². The molecular formula is C16H15FO4. The van der Waals surface area contributed by atoms with Crippen LogP contribution in [-0.4, -0.2) is 20.5 Å². The SMILES string of the molecule is COc1ccc(COc2ccc(C=O)cc2F)cc1OC. The van der Waals surface area contributed by atoms with Gasteiger partial charge in [0.2, 0.25) is 0 Å². The van der Waals surface area contributed by atoms with E-state index in [0.29, 0.717) is 17.8 Å². The number of aldehydes is 1. The molecule has 0 aliphatic heterocycles. The molecule has 0 saturated heterocycles. The molecule has 4 nitrogen and oxygen atoms in total. The molecule has 0 saturated carbocycles. The van der Waals surface area contributed by atoms with Crippen molar-refractivity contribution in [1.82, 2.24) is 0 Å². The summed E-state index contributed by atoms with van der Waals surface area (Å²) in [5, 5.41) is 0. The lowest BCUT2D eigenvalue weighted by atomic mass is 10.2. The minimum absolute atomic E-state index is 0.0929. The number of methoxy groups -OCH3 is 2. The summed E-state index contributed by atoms with van der Waals surface area (Å²) < 4.78 is 29.4. The first kappa shape index (κ1) is 14.8. The van der Waals surface area contributed by atoms with Crippen LogP contribution in [0.1, 0.15) is 15.9 Å². The number of hydrogen-bond donors (Lipinski definition) is 0. The van der Waals surface area contributed by atoms with E-state index in [1.165, 1.54) is 12.1 Å². The standard InChI is InChI=1S/C16H15FO4/c1-19-15-6-4-12(8-16(15)20-2)10-21-14-5-3-11(9-18)7-13(14)17/h3-9H,10H2,1-2H3. The molecule has 0 atom stereocenters. The number of halogens is 1. The summed E-state index contributed by atoms with van der Waals surface area (Å²) in [4.78, 5) is 10.5. The highest BCUT2D eigenvalue weighted by Gasteiger charge is 2.07. The van der Waals surface area contributed by atoms with E-state index in [1.807, 2.05) is 0 Å². The zero-order valence-electron chi connectivity index (χ0n) is 11.8. The third-order valence-corrected chi connectivity index (χ3v) is 2.93. The predicted molar refractivity (Wildman–Crippen MR) is 75.7 cm³/mol. The highest BCUT2D eigenvalue weighted by molar-refractivity contribution is 5.74. The first-order valence-electron chi connectivity index (χ1n) is 6.26. The predicted octanol–water partition coefficient (Wildman–Crippen LogP) is 3.23. The number of ether oxygens (including phenoxy) is 3. The fourth-order valence-electron chi connectivity index (χ4n) is 1.84. The molecule has 0 heterocycles. The van der Waals surface area contributed by atoms with E-state index < -0.39 is 5.82 Å². The van der Waals surface area contributed by atoms with E-state index in [-0.39, 0.29) is 17.9 Å². The second-order valence-corrected chi connectivity index (χ2v) is 4.29. The minimum Gasteiger partial charge on any atom is -0.493 e. The summed E-state index contributed by atoms with van der Waals surface area (Å²) in [7, 11) is 3.10. The van der Waals surface area contributed by atoms with Crippen molar-refractivity contribution < 1.29 is 23.4 Å². The molecule has 0 amide bonds. The topological polar surface area (TPSA) is 44.8 Å². The maximum absolute atomic E-state index is 13.7. The molecule has 0 N–H and O–H groups in total. The van der Waals surface area contributed by atoms with Crippen LogP contribution in [0.15, 0.2) is 36.4 Å². The molecule has 0 unspecified atom stereocenters. The summed E-state index contributed by atoms with van der Waals surface area (Å²) in [6.07, 6.45) is 0.585. The van der Waals surface area contributed by atoms with E-state index in [1.54, 1.807) is 32.4 Å². The van der Waals surface area contributed by atoms with Crippen LogP contribution in [0.3, 0.4) is 0 Å². The number of carbonyl (C=O) groups is 1. The number of carbonyl (C=O) groups excluding carboxylic acids is 1. The molecule has 0 radical (unpaired) electrons. The van der Waals surface area contributed by atoms with Crippen LogP contribution < -0.4 is 14.2 Å². The minimum atomic E-state index is -0.569. The van der Waals surface area contributed by atoms with Gasteiger partial charge >= 0.3 is 0 Å². The molecule has 110 valence electrons. The fourth-order valence-corrected chi connectivity index (χ4v) is 1.84. The van der Waals surface area contributed by atoms with Crippen molar-refractivity contribution in [2.45, 2.75) is 6.61 Å². The average molecular weight is 290 g/mol. The van der Waals surface area contributed by atoms with Crippen molar-refractivity contribution in [3.63, 3.8) is 0 Å². The molecule has 0 spiro atoms. The van der Waals surface area contributed by atoms with Crippen LogP contribution >= 0.6 is 0 Å². The van der Waals surface area contributed by atoms with E-state index in [0.717, 1.165) is 11.6 Å². The van der Waals surface area contributed by atoms with Gasteiger partial charge in [-0.15, -0.1) is 0 Å². The van der Waals surface area contributed by atoms with Crippen molar-refractivity contribution in [2.75, 3.05) is 14.2 Å². The normalized spacial score (nSPS) is 10.0. The number of hydrogen-bond acceptors (Lipinski definition) is 4. The molecule has 0 aliphatic rings. The second kappa shape index (κ2) is 6.74. The van der Waals surface area contributed by atoms with Gasteiger partial charge in [0, 0.05) is 5.56 Å². The number of benzene rings is 2. The molecule has 21 heavy (non-hydrogen) atoms. The van der Waals surface area contributed by atoms with Crippen molar-refractivity contribution in [3.05, 3.63) is 53.3 Å². The lowest BCUT2D eigenvalue weighted by Gasteiger charge is -2.11. The zero-order valence-corrected chi connectivity index (χ0v) is 11.8. The maximum Gasteiger partial charge on any atom is 0.165 e. The number of rotatable bonds is 6. The second-order valence-electron chi connectivity index (χ2n) is 4.29. The Hall–Kier alpha value is -2.56. The van der Waals surface area contributed by atoms with Gasteiger partial charge in [-0.3, -0.25) is 4.79 Å². The highest BCUT2D eigenvalue weighted by atomic mass is 19.1. The Morgan fingerprint density at radius 1 is 1.00 bits per heavy atom. The molecule has 2 rings (SSSR count). The smallest absolute Gasteiger partial charge is 0.165 e. The van der Waals surface area contributed by atoms with Crippen molar-refractivity contribution in [3.8, 4) is 17.2 Å². The Morgan fingerprint density at radius 3 is 2.33 bits per heavy atom. The molecule has 2 aromatic rings. The van der Waals surface area contributed by atoms with Crippen molar-refractivity contribution in [1.29, 1.82) is 0 Å². The van der Waals surface area contributed by atoms with Gasteiger partial charge in [-0.25, -0.2) is 4.39 Å². The molecule has 0 fully saturated rings. The Balaban J connectivity index is 2.11. The van der Waals surface area contributed by atoms with Crippen LogP contribution in [-0.2, 0) is 6.61 Å². The Labute approximate surface area is 122 Å². The van der Waals surface area contributed by atoms with E-state index >= 15 is 0 Å². The Morgan fingerprint density at radius 2 is 1.71 bits per heavy atom. The summed E-state index contributed by atoms with van der Waals surface area (Å²) in [6, 6.07) is 9.38. The molecule has 0 aromatic heterocycles. The zero-order chi connectivity index (χ0) is 15.2. The van der Waals surface area contributed by atoms with Gasteiger partial charge < -0.3 is 14.2 Å². The first-order valence-corrected chi connectivity index (χ1v) is 6.26. The fraction of sp³-hybridized carbons (Fsp3) is 0.188. The molecule has 0 bridgehead atoms. The van der Waals surface area contributed by atoms with Crippen LogP contribution in [0.4, 0.5) is 4.39 Å². The van der Waals surface area contributed by atoms with Crippen molar-refractivity contribution in [2.24, 2.45) is 0 Å². The lowest BCUT2D eigenvalue weighted by molar-refractivity contribution is 0.112. The molecular weight excluding hydrogens is 275 g/mol.